The Morgan fingerprint density at radius 3 is 2.40 bits per heavy atom. The van der Waals surface area contributed by atoms with Gasteiger partial charge in [0.05, 0.1) is 11.7 Å². The van der Waals surface area contributed by atoms with Crippen LogP contribution < -0.4 is 0 Å². The van der Waals surface area contributed by atoms with Gasteiger partial charge in [0.15, 0.2) is 0 Å². The van der Waals surface area contributed by atoms with Gasteiger partial charge in [-0.3, -0.25) is 4.79 Å². The summed E-state index contributed by atoms with van der Waals surface area (Å²) in [4.78, 5) is 10.7. The first kappa shape index (κ1) is 12.5. The molecule has 1 aliphatic carbocycles. The van der Waals surface area contributed by atoms with E-state index in [1.807, 2.05) is 6.92 Å². The van der Waals surface area contributed by atoms with E-state index in [0.717, 1.165) is 6.42 Å². The van der Waals surface area contributed by atoms with E-state index in [4.69, 9.17) is 5.11 Å². The minimum Gasteiger partial charge on any atom is -0.481 e. The second-order valence-electron chi connectivity index (χ2n) is 4.22. The minimum atomic E-state index is -2.94. The van der Waals surface area contributed by atoms with Gasteiger partial charge in [0.2, 0.25) is 0 Å². The average Bonchev–Trinajstić information content (AvgIpc) is 2.00. The lowest BCUT2D eigenvalue weighted by Gasteiger charge is -2.33. The summed E-state index contributed by atoms with van der Waals surface area (Å²) in [6.07, 6.45) is 2.71. The molecule has 1 N–H and O–H groups in total. The Kier molecular flexibility index (Phi) is 4.13. The van der Waals surface area contributed by atoms with Crippen LogP contribution in [0.3, 0.4) is 0 Å². The standard InChI is InChI=1S/C10H18O4S/c1-2-6-15(13,14)7-5-8-3-4-9(8)10(11)12/h8-9H,2-7H2,1H3,(H,11,12). The minimum absolute atomic E-state index is 0.0779. The third-order valence-electron chi connectivity index (χ3n) is 3.05. The van der Waals surface area contributed by atoms with Crippen LogP contribution in [0.5, 0.6) is 0 Å². The zero-order valence-corrected chi connectivity index (χ0v) is 9.79. The number of carboxylic acids is 1. The van der Waals surface area contributed by atoms with Gasteiger partial charge in [0.1, 0.15) is 9.84 Å². The molecule has 1 saturated carbocycles. The van der Waals surface area contributed by atoms with Gasteiger partial charge < -0.3 is 5.11 Å². The molecule has 1 rings (SSSR count). The quantitative estimate of drug-likeness (QED) is 0.752. The summed E-state index contributed by atoms with van der Waals surface area (Å²) in [5.41, 5.74) is 0. The maximum absolute atomic E-state index is 11.4. The Balaban J connectivity index is 2.35. The van der Waals surface area contributed by atoms with Crippen molar-refractivity contribution in [3.8, 4) is 0 Å². The van der Waals surface area contributed by atoms with Gasteiger partial charge >= 0.3 is 5.97 Å². The average molecular weight is 234 g/mol. The number of sulfone groups is 1. The summed E-state index contributed by atoms with van der Waals surface area (Å²) in [6, 6.07) is 0. The van der Waals surface area contributed by atoms with E-state index in [1.165, 1.54) is 0 Å². The van der Waals surface area contributed by atoms with Crippen molar-refractivity contribution >= 4 is 15.8 Å². The number of hydrogen-bond donors (Lipinski definition) is 1. The van der Waals surface area contributed by atoms with Gasteiger partial charge in [-0.25, -0.2) is 8.42 Å². The maximum Gasteiger partial charge on any atom is 0.306 e. The van der Waals surface area contributed by atoms with E-state index in [9.17, 15) is 13.2 Å². The van der Waals surface area contributed by atoms with E-state index in [-0.39, 0.29) is 23.3 Å². The summed E-state index contributed by atoms with van der Waals surface area (Å²) in [6.45, 7) is 1.83. The SMILES string of the molecule is CCCS(=O)(=O)CCC1CCC1C(=O)O. The maximum atomic E-state index is 11.4. The molecule has 0 aromatic carbocycles. The molecule has 0 heterocycles. The van der Waals surface area contributed by atoms with Crippen molar-refractivity contribution in [3.05, 3.63) is 0 Å². The predicted molar refractivity (Wildman–Crippen MR) is 57.4 cm³/mol. The van der Waals surface area contributed by atoms with Crippen LogP contribution in [0.2, 0.25) is 0 Å². The first-order valence-corrected chi connectivity index (χ1v) is 7.21. The predicted octanol–water partition coefficient (Wildman–Crippen LogP) is 1.31. The molecule has 1 fully saturated rings. The van der Waals surface area contributed by atoms with Crippen LogP contribution in [-0.2, 0) is 14.6 Å². The van der Waals surface area contributed by atoms with Crippen LogP contribution in [0.4, 0.5) is 0 Å². The Hall–Kier alpha value is -0.580. The monoisotopic (exact) mass is 234 g/mol. The molecule has 2 atom stereocenters. The molecule has 1 aliphatic rings. The van der Waals surface area contributed by atoms with Gasteiger partial charge in [-0.1, -0.05) is 6.92 Å². The lowest BCUT2D eigenvalue weighted by molar-refractivity contribution is -0.147. The Morgan fingerprint density at radius 2 is 2.00 bits per heavy atom. The molecular weight excluding hydrogens is 216 g/mol. The lowest BCUT2D eigenvalue weighted by atomic mass is 9.72. The first-order valence-electron chi connectivity index (χ1n) is 5.39. The van der Waals surface area contributed by atoms with Gasteiger partial charge in [0, 0.05) is 5.75 Å². The lowest BCUT2D eigenvalue weighted by Crippen LogP contribution is -2.34. The molecular formula is C10H18O4S. The molecule has 0 radical (unpaired) electrons. The van der Waals surface area contributed by atoms with E-state index in [2.05, 4.69) is 0 Å². The second kappa shape index (κ2) is 4.96. The van der Waals surface area contributed by atoms with Crippen molar-refractivity contribution in [1.82, 2.24) is 0 Å². The van der Waals surface area contributed by atoms with Crippen molar-refractivity contribution in [1.29, 1.82) is 0 Å². The van der Waals surface area contributed by atoms with Crippen molar-refractivity contribution in [2.75, 3.05) is 11.5 Å². The first-order chi connectivity index (χ1) is 6.96. The summed E-state index contributed by atoms with van der Waals surface area (Å²) in [5.74, 6) is -0.637. The number of carbonyl (C=O) groups is 1. The molecule has 0 bridgehead atoms. The van der Waals surface area contributed by atoms with Crippen molar-refractivity contribution in [2.45, 2.75) is 32.6 Å². The van der Waals surface area contributed by atoms with Crippen LogP contribution in [0.25, 0.3) is 0 Å². The Morgan fingerprint density at radius 1 is 1.33 bits per heavy atom. The van der Waals surface area contributed by atoms with Gasteiger partial charge in [-0.2, -0.15) is 0 Å². The second-order valence-corrected chi connectivity index (χ2v) is 6.53. The number of hydrogen-bond acceptors (Lipinski definition) is 3. The largest absolute Gasteiger partial charge is 0.481 e. The fraction of sp³-hybridized carbons (Fsp3) is 0.900. The molecule has 2 unspecified atom stereocenters. The Bertz CT molecular complexity index is 320. The summed E-state index contributed by atoms with van der Waals surface area (Å²) < 4.78 is 22.8. The molecule has 4 nitrogen and oxygen atoms in total. The van der Waals surface area contributed by atoms with Crippen LogP contribution in [0.15, 0.2) is 0 Å². The van der Waals surface area contributed by atoms with Crippen LogP contribution in [0.1, 0.15) is 32.6 Å². The summed E-state index contributed by atoms with van der Waals surface area (Å²) in [5, 5.41) is 8.79. The number of rotatable bonds is 6. The van der Waals surface area contributed by atoms with E-state index in [0.29, 0.717) is 19.3 Å². The molecule has 0 aromatic heterocycles. The molecule has 15 heavy (non-hydrogen) atoms. The highest BCUT2D eigenvalue weighted by Gasteiger charge is 2.36. The van der Waals surface area contributed by atoms with Crippen molar-refractivity contribution < 1.29 is 18.3 Å². The topological polar surface area (TPSA) is 71.4 Å². The molecule has 0 saturated heterocycles. The highest BCUT2D eigenvalue weighted by atomic mass is 32.2. The van der Waals surface area contributed by atoms with Crippen LogP contribution in [-0.4, -0.2) is 31.0 Å². The smallest absolute Gasteiger partial charge is 0.306 e. The fourth-order valence-corrected chi connectivity index (χ4v) is 3.47. The molecule has 0 aromatic rings. The van der Waals surface area contributed by atoms with E-state index < -0.39 is 15.8 Å². The molecule has 88 valence electrons. The third kappa shape index (κ3) is 3.48. The van der Waals surface area contributed by atoms with Crippen molar-refractivity contribution in [2.24, 2.45) is 11.8 Å². The normalized spacial score (nSPS) is 25.9. The highest BCUT2D eigenvalue weighted by molar-refractivity contribution is 7.91. The number of carboxylic acid groups (broad SMARTS) is 1. The molecule has 0 aliphatic heterocycles. The van der Waals surface area contributed by atoms with E-state index >= 15 is 0 Å². The molecule has 0 spiro atoms. The van der Waals surface area contributed by atoms with Crippen LogP contribution in [0, 0.1) is 11.8 Å². The van der Waals surface area contributed by atoms with Gasteiger partial charge in [0.25, 0.3) is 0 Å². The van der Waals surface area contributed by atoms with Gasteiger partial charge in [-0.05, 0) is 31.6 Å². The van der Waals surface area contributed by atoms with Gasteiger partial charge in [-0.15, -0.1) is 0 Å². The molecule has 5 heteroatoms. The third-order valence-corrected chi connectivity index (χ3v) is 4.94. The van der Waals surface area contributed by atoms with Crippen LogP contribution >= 0.6 is 0 Å². The highest BCUT2D eigenvalue weighted by Crippen LogP contribution is 2.37. The zero-order valence-electron chi connectivity index (χ0n) is 8.98. The Labute approximate surface area is 90.6 Å². The summed E-state index contributed by atoms with van der Waals surface area (Å²) in [7, 11) is -2.94. The number of aliphatic carboxylic acids is 1. The van der Waals surface area contributed by atoms with E-state index in [1.54, 1.807) is 0 Å². The molecule has 0 amide bonds. The van der Waals surface area contributed by atoms with Crippen molar-refractivity contribution in [3.63, 3.8) is 0 Å². The summed E-state index contributed by atoms with van der Waals surface area (Å²) >= 11 is 0. The fourth-order valence-electron chi connectivity index (χ4n) is 1.98. The zero-order chi connectivity index (χ0) is 11.5.